The van der Waals surface area contributed by atoms with Crippen LogP contribution < -0.4 is 5.32 Å². The maximum Gasteiger partial charge on any atom is 0.253 e. The third kappa shape index (κ3) is 3.40. The number of carbonyl (C=O) groups excluding carboxylic acids is 1. The van der Waals surface area contributed by atoms with Crippen molar-refractivity contribution in [1.29, 1.82) is 0 Å². The Labute approximate surface area is 118 Å². The molecule has 0 radical (unpaired) electrons. The number of rotatable bonds is 2. The second-order valence-corrected chi connectivity index (χ2v) is 5.64. The van der Waals surface area contributed by atoms with Crippen molar-refractivity contribution in [2.24, 2.45) is 0 Å². The lowest BCUT2D eigenvalue weighted by atomic mass is 10.0. The molecule has 1 N–H and O–H groups in total. The number of thiol groups is 1. The summed E-state index contributed by atoms with van der Waals surface area (Å²) in [6, 6.07) is 5.43. The van der Waals surface area contributed by atoms with Crippen molar-refractivity contribution in [2.45, 2.75) is 23.8 Å². The average molecular weight is 285 g/mol. The summed E-state index contributed by atoms with van der Waals surface area (Å²) in [5.74, 6) is -0.106. The zero-order valence-corrected chi connectivity index (χ0v) is 12.0. The lowest BCUT2D eigenvalue weighted by Crippen LogP contribution is -2.43. The minimum Gasteiger partial charge on any atom is -0.349 e. The molecule has 1 heterocycles. The molecule has 1 amide bonds. The molecule has 0 spiro atoms. The van der Waals surface area contributed by atoms with Gasteiger partial charge in [0.05, 0.1) is 10.6 Å². The molecule has 1 aromatic carbocycles. The topological polar surface area (TPSA) is 32.3 Å². The number of nitrogens with zero attached hydrogens (tertiary/aromatic N) is 1. The maximum absolute atomic E-state index is 12.1. The Morgan fingerprint density at radius 2 is 2.11 bits per heavy atom. The van der Waals surface area contributed by atoms with Crippen molar-refractivity contribution in [3.05, 3.63) is 28.8 Å². The number of carbonyl (C=O) groups is 1. The first-order valence-corrected chi connectivity index (χ1v) is 6.86. The fraction of sp³-hybridized carbons (Fsp3) is 0.462. The van der Waals surface area contributed by atoms with E-state index in [0.717, 1.165) is 30.8 Å². The van der Waals surface area contributed by atoms with Crippen molar-refractivity contribution in [3.8, 4) is 0 Å². The predicted octanol–water partition coefficient (Wildman–Crippen LogP) is 2.45. The molecule has 0 aromatic heterocycles. The lowest BCUT2D eigenvalue weighted by Gasteiger charge is -2.29. The first-order chi connectivity index (χ1) is 8.56. The fourth-order valence-electron chi connectivity index (χ4n) is 2.10. The number of amides is 1. The van der Waals surface area contributed by atoms with E-state index in [9.17, 15) is 4.79 Å². The SMILES string of the molecule is CN1CCC(NC(=O)c2cc(S)ccc2Cl)CC1. The van der Waals surface area contributed by atoms with Gasteiger partial charge in [-0.3, -0.25) is 4.79 Å². The van der Waals surface area contributed by atoms with E-state index >= 15 is 0 Å². The third-order valence-electron chi connectivity index (χ3n) is 3.25. The largest absolute Gasteiger partial charge is 0.349 e. The number of hydrogen-bond donors (Lipinski definition) is 2. The first-order valence-electron chi connectivity index (χ1n) is 6.04. The monoisotopic (exact) mass is 284 g/mol. The zero-order chi connectivity index (χ0) is 13.1. The van der Waals surface area contributed by atoms with Crippen LogP contribution in [-0.2, 0) is 0 Å². The summed E-state index contributed by atoms with van der Waals surface area (Å²) in [6.45, 7) is 2.04. The van der Waals surface area contributed by atoms with Crippen LogP contribution in [0.2, 0.25) is 5.02 Å². The lowest BCUT2D eigenvalue weighted by molar-refractivity contribution is 0.0917. The van der Waals surface area contributed by atoms with E-state index in [1.807, 2.05) is 0 Å². The van der Waals surface area contributed by atoms with Crippen molar-refractivity contribution in [2.75, 3.05) is 20.1 Å². The van der Waals surface area contributed by atoms with Crippen LogP contribution in [-0.4, -0.2) is 37.0 Å². The molecule has 98 valence electrons. The van der Waals surface area contributed by atoms with Crippen molar-refractivity contribution in [1.82, 2.24) is 10.2 Å². The minimum atomic E-state index is -0.106. The number of hydrogen-bond acceptors (Lipinski definition) is 3. The van der Waals surface area contributed by atoms with Gasteiger partial charge in [0.1, 0.15) is 0 Å². The van der Waals surface area contributed by atoms with Crippen molar-refractivity contribution in [3.63, 3.8) is 0 Å². The van der Waals surface area contributed by atoms with Gasteiger partial charge in [-0.25, -0.2) is 0 Å². The van der Waals surface area contributed by atoms with Gasteiger partial charge in [-0.05, 0) is 51.2 Å². The molecule has 1 aliphatic heterocycles. The highest BCUT2D eigenvalue weighted by molar-refractivity contribution is 7.80. The van der Waals surface area contributed by atoms with Gasteiger partial charge in [0.15, 0.2) is 0 Å². The van der Waals surface area contributed by atoms with E-state index in [1.165, 1.54) is 0 Å². The Morgan fingerprint density at radius 3 is 2.78 bits per heavy atom. The molecule has 1 fully saturated rings. The maximum atomic E-state index is 12.1. The van der Waals surface area contributed by atoms with Crippen LogP contribution in [0, 0.1) is 0 Å². The molecule has 0 unspecified atom stereocenters. The molecule has 1 aromatic rings. The Bertz CT molecular complexity index is 445. The summed E-state index contributed by atoms with van der Waals surface area (Å²) in [6.07, 6.45) is 1.97. The van der Waals surface area contributed by atoms with Crippen LogP contribution in [0.3, 0.4) is 0 Å². The minimum absolute atomic E-state index is 0.106. The van der Waals surface area contributed by atoms with Crippen LogP contribution in [0.1, 0.15) is 23.2 Å². The van der Waals surface area contributed by atoms with Gasteiger partial charge in [0.2, 0.25) is 0 Å². The molecule has 18 heavy (non-hydrogen) atoms. The van der Waals surface area contributed by atoms with E-state index in [1.54, 1.807) is 18.2 Å². The number of likely N-dealkylation sites (tertiary alicyclic amines) is 1. The van der Waals surface area contributed by atoms with E-state index in [-0.39, 0.29) is 11.9 Å². The van der Waals surface area contributed by atoms with Gasteiger partial charge < -0.3 is 10.2 Å². The summed E-state index contributed by atoms with van der Waals surface area (Å²) < 4.78 is 0. The quantitative estimate of drug-likeness (QED) is 0.818. The zero-order valence-electron chi connectivity index (χ0n) is 10.3. The molecule has 2 rings (SSSR count). The Balaban J connectivity index is 2.01. The Hall–Kier alpha value is -0.710. The Morgan fingerprint density at radius 1 is 1.44 bits per heavy atom. The van der Waals surface area contributed by atoms with Crippen LogP contribution in [0.15, 0.2) is 23.1 Å². The van der Waals surface area contributed by atoms with Crippen molar-refractivity contribution < 1.29 is 4.79 Å². The molecular formula is C13H17ClN2OS. The predicted molar refractivity (Wildman–Crippen MR) is 76.7 cm³/mol. The molecule has 1 aliphatic rings. The number of piperidine rings is 1. The Kier molecular flexibility index (Phi) is 4.54. The van der Waals surface area contributed by atoms with Crippen LogP contribution in [0.4, 0.5) is 0 Å². The van der Waals surface area contributed by atoms with Gasteiger partial charge in [-0.15, -0.1) is 12.6 Å². The van der Waals surface area contributed by atoms with Gasteiger partial charge >= 0.3 is 0 Å². The highest BCUT2D eigenvalue weighted by Gasteiger charge is 2.20. The second kappa shape index (κ2) is 5.95. The van der Waals surface area contributed by atoms with Gasteiger partial charge in [-0.2, -0.15) is 0 Å². The van der Waals surface area contributed by atoms with E-state index < -0.39 is 0 Å². The summed E-state index contributed by atoms with van der Waals surface area (Å²) in [5, 5.41) is 3.51. The van der Waals surface area contributed by atoms with Gasteiger partial charge in [0.25, 0.3) is 5.91 Å². The molecular weight excluding hydrogens is 268 g/mol. The summed E-state index contributed by atoms with van der Waals surface area (Å²) in [4.78, 5) is 15.1. The number of halogens is 1. The summed E-state index contributed by atoms with van der Waals surface area (Å²) >= 11 is 10.3. The highest BCUT2D eigenvalue weighted by Crippen LogP contribution is 2.20. The molecule has 1 saturated heterocycles. The molecule has 0 bridgehead atoms. The summed E-state index contributed by atoms with van der Waals surface area (Å²) in [7, 11) is 2.10. The second-order valence-electron chi connectivity index (χ2n) is 4.72. The van der Waals surface area contributed by atoms with Crippen LogP contribution >= 0.6 is 24.2 Å². The highest BCUT2D eigenvalue weighted by atomic mass is 35.5. The van der Waals surface area contributed by atoms with E-state index in [2.05, 4.69) is 29.9 Å². The molecule has 0 atom stereocenters. The third-order valence-corrected chi connectivity index (χ3v) is 3.86. The molecule has 3 nitrogen and oxygen atoms in total. The van der Waals surface area contributed by atoms with E-state index in [4.69, 9.17) is 11.6 Å². The van der Waals surface area contributed by atoms with Gasteiger partial charge in [-0.1, -0.05) is 11.6 Å². The normalized spacial score (nSPS) is 17.7. The van der Waals surface area contributed by atoms with Gasteiger partial charge in [0, 0.05) is 10.9 Å². The molecule has 0 aliphatic carbocycles. The first kappa shape index (κ1) is 13.7. The van der Waals surface area contributed by atoms with Crippen LogP contribution in [0.5, 0.6) is 0 Å². The molecule has 0 saturated carbocycles. The average Bonchev–Trinajstić information content (AvgIpc) is 2.35. The smallest absolute Gasteiger partial charge is 0.253 e. The van der Waals surface area contributed by atoms with E-state index in [0.29, 0.717) is 10.6 Å². The number of nitrogens with one attached hydrogen (secondary N) is 1. The summed E-state index contributed by atoms with van der Waals surface area (Å²) in [5.41, 5.74) is 0.503. The fourth-order valence-corrected chi connectivity index (χ4v) is 2.51. The van der Waals surface area contributed by atoms with Crippen LogP contribution in [0.25, 0.3) is 0 Å². The molecule has 5 heteroatoms. The van der Waals surface area contributed by atoms with Crippen molar-refractivity contribution >= 4 is 30.1 Å². The number of benzene rings is 1. The standard InChI is InChI=1S/C13H17ClN2OS/c1-16-6-4-9(5-7-16)15-13(17)11-8-10(18)2-3-12(11)14/h2-3,8-9,18H,4-7H2,1H3,(H,15,17).